The average molecular weight is 523 g/mol. The van der Waals surface area contributed by atoms with Crippen LogP contribution in [0.1, 0.15) is 50.8 Å². The first-order valence-electron chi connectivity index (χ1n) is 12.5. The van der Waals surface area contributed by atoms with Crippen LogP contribution >= 0.6 is 22.9 Å². The molecular weight excluding hydrogens is 492 g/mol. The Morgan fingerprint density at radius 1 is 1.14 bits per heavy atom. The molecule has 1 saturated carbocycles. The quantitative estimate of drug-likeness (QED) is 0.360. The molecule has 3 aromatic rings. The molecule has 188 valence electrons. The first-order chi connectivity index (χ1) is 17.4. The standard InChI is InChI=1S/C29H31ClN2O3S/c1-19-6-9-26(20(2)14-19)35-18-25-24-11-13-36-27(24)10-12-32(25)28(33)17-31(16-21-7-8-21)29(34)22-4-3-5-23(30)15-22/h3-6,9,11,13-15,21,25H,7-8,10,12,16-18H2,1-2H3. The third kappa shape index (κ3) is 5.60. The van der Waals surface area contributed by atoms with Crippen molar-refractivity contribution in [2.75, 3.05) is 26.2 Å². The number of carbonyl (C=O) groups is 2. The fraction of sp³-hybridized carbons (Fsp3) is 0.379. The molecule has 2 aliphatic rings. The zero-order valence-electron chi connectivity index (χ0n) is 20.7. The molecule has 5 rings (SSSR count). The van der Waals surface area contributed by atoms with Crippen molar-refractivity contribution in [3.63, 3.8) is 0 Å². The summed E-state index contributed by atoms with van der Waals surface area (Å²) in [5.74, 6) is 1.11. The fourth-order valence-corrected chi connectivity index (χ4v) is 6.01. The lowest BCUT2D eigenvalue weighted by Gasteiger charge is -2.37. The van der Waals surface area contributed by atoms with Crippen LogP contribution in [0.3, 0.4) is 0 Å². The molecule has 0 saturated heterocycles. The monoisotopic (exact) mass is 522 g/mol. The molecule has 7 heteroatoms. The highest BCUT2D eigenvalue weighted by molar-refractivity contribution is 7.10. The predicted molar refractivity (Wildman–Crippen MR) is 144 cm³/mol. The van der Waals surface area contributed by atoms with E-state index in [1.54, 1.807) is 40.5 Å². The molecule has 0 spiro atoms. The summed E-state index contributed by atoms with van der Waals surface area (Å²) in [4.78, 5) is 32.0. The van der Waals surface area contributed by atoms with E-state index in [2.05, 4.69) is 24.4 Å². The minimum Gasteiger partial charge on any atom is -0.491 e. The van der Waals surface area contributed by atoms with Crippen LogP contribution in [0.15, 0.2) is 53.9 Å². The highest BCUT2D eigenvalue weighted by Gasteiger charge is 2.35. The SMILES string of the molecule is Cc1ccc(OCC2c3ccsc3CCN2C(=O)CN(CC2CC2)C(=O)c2cccc(Cl)c2)c(C)c1. The molecule has 1 unspecified atom stereocenters. The zero-order chi connectivity index (χ0) is 25.2. The summed E-state index contributed by atoms with van der Waals surface area (Å²) in [5.41, 5.74) is 3.94. The van der Waals surface area contributed by atoms with Gasteiger partial charge in [0.25, 0.3) is 5.91 Å². The van der Waals surface area contributed by atoms with Gasteiger partial charge in [-0.3, -0.25) is 9.59 Å². The first kappa shape index (κ1) is 24.8. The van der Waals surface area contributed by atoms with E-state index in [4.69, 9.17) is 16.3 Å². The highest BCUT2D eigenvalue weighted by Crippen LogP contribution is 2.35. The minimum absolute atomic E-state index is 0.0443. The molecule has 5 nitrogen and oxygen atoms in total. The molecule has 1 atom stereocenters. The molecule has 2 amide bonds. The van der Waals surface area contributed by atoms with Crippen molar-refractivity contribution in [3.05, 3.63) is 86.1 Å². The molecule has 0 radical (unpaired) electrons. The molecule has 1 aliphatic heterocycles. The van der Waals surface area contributed by atoms with Crippen molar-refractivity contribution < 1.29 is 14.3 Å². The van der Waals surface area contributed by atoms with Crippen molar-refractivity contribution in [1.29, 1.82) is 0 Å². The normalized spacial score (nSPS) is 17.0. The van der Waals surface area contributed by atoms with Gasteiger partial charge in [-0.15, -0.1) is 11.3 Å². The van der Waals surface area contributed by atoms with Crippen LogP contribution < -0.4 is 4.74 Å². The molecule has 1 fully saturated rings. The van der Waals surface area contributed by atoms with Gasteiger partial charge in [0.1, 0.15) is 18.9 Å². The second kappa shape index (κ2) is 10.7. The van der Waals surface area contributed by atoms with Gasteiger partial charge in [-0.25, -0.2) is 0 Å². The number of thiophene rings is 1. The Bertz CT molecular complexity index is 1270. The van der Waals surface area contributed by atoms with Gasteiger partial charge in [-0.05, 0) is 85.9 Å². The van der Waals surface area contributed by atoms with Crippen molar-refractivity contribution in [3.8, 4) is 5.75 Å². The molecule has 2 heterocycles. The van der Waals surface area contributed by atoms with Crippen molar-refractivity contribution in [2.45, 2.75) is 39.2 Å². The zero-order valence-corrected chi connectivity index (χ0v) is 22.3. The van der Waals surface area contributed by atoms with E-state index in [0.29, 0.717) is 36.2 Å². The first-order valence-corrected chi connectivity index (χ1v) is 13.8. The summed E-state index contributed by atoms with van der Waals surface area (Å²) >= 11 is 7.87. The summed E-state index contributed by atoms with van der Waals surface area (Å²) in [6.07, 6.45) is 3.02. The topological polar surface area (TPSA) is 49.9 Å². The van der Waals surface area contributed by atoms with Crippen molar-refractivity contribution in [1.82, 2.24) is 9.80 Å². The largest absolute Gasteiger partial charge is 0.491 e. The van der Waals surface area contributed by atoms with Gasteiger partial charge in [-0.2, -0.15) is 0 Å². The number of amides is 2. The van der Waals surface area contributed by atoms with E-state index in [-0.39, 0.29) is 24.4 Å². The number of nitrogens with zero attached hydrogens (tertiary/aromatic N) is 2. The predicted octanol–water partition coefficient (Wildman–Crippen LogP) is 6.08. The van der Waals surface area contributed by atoms with E-state index < -0.39 is 0 Å². The van der Waals surface area contributed by atoms with Crippen molar-refractivity contribution >= 4 is 34.8 Å². The van der Waals surface area contributed by atoms with Crippen LogP contribution in [0.25, 0.3) is 0 Å². The van der Waals surface area contributed by atoms with E-state index in [0.717, 1.165) is 36.1 Å². The van der Waals surface area contributed by atoms with E-state index in [1.807, 2.05) is 24.0 Å². The Morgan fingerprint density at radius 3 is 2.72 bits per heavy atom. The Labute approximate surface area is 221 Å². The third-order valence-electron chi connectivity index (χ3n) is 7.00. The van der Waals surface area contributed by atoms with Gasteiger partial charge in [0.05, 0.1) is 6.04 Å². The maximum atomic E-state index is 13.7. The Hall–Kier alpha value is -2.83. The van der Waals surface area contributed by atoms with Gasteiger partial charge in [0.15, 0.2) is 0 Å². The molecule has 0 bridgehead atoms. The molecular formula is C29H31ClN2O3S. The molecule has 1 aromatic heterocycles. The van der Waals surface area contributed by atoms with Crippen LogP contribution in [0.2, 0.25) is 5.02 Å². The molecule has 1 aliphatic carbocycles. The number of benzene rings is 2. The number of fused-ring (bicyclic) bond motifs is 1. The van der Waals surface area contributed by atoms with Crippen LogP contribution in [0.5, 0.6) is 5.75 Å². The average Bonchev–Trinajstić information content (AvgIpc) is 3.54. The smallest absolute Gasteiger partial charge is 0.254 e. The Kier molecular flexibility index (Phi) is 7.35. The molecule has 0 N–H and O–H groups in total. The summed E-state index contributed by atoms with van der Waals surface area (Å²) < 4.78 is 6.26. The summed E-state index contributed by atoms with van der Waals surface area (Å²) in [6.45, 7) is 5.76. The lowest BCUT2D eigenvalue weighted by atomic mass is 10.00. The van der Waals surface area contributed by atoms with Crippen LogP contribution in [-0.4, -0.2) is 47.9 Å². The van der Waals surface area contributed by atoms with Gasteiger partial charge >= 0.3 is 0 Å². The lowest BCUT2D eigenvalue weighted by molar-refractivity contribution is -0.135. The van der Waals surface area contributed by atoms with Gasteiger partial charge in [-0.1, -0.05) is 35.4 Å². The van der Waals surface area contributed by atoms with Gasteiger partial charge in [0.2, 0.25) is 5.91 Å². The van der Waals surface area contributed by atoms with Crippen molar-refractivity contribution in [2.24, 2.45) is 5.92 Å². The number of aryl methyl sites for hydroxylation is 2. The Balaban J connectivity index is 1.35. The molecule has 2 aromatic carbocycles. The number of rotatable bonds is 8. The second-order valence-corrected chi connectivity index (χ2v) is 11.3. The minimum atomic E-state index is -0.183. The maximum absolute atomic E-state index is 13.7. The third-order valence-corrected chi connectivity index (χ3v) is 8.23. The number of ether oxygens (including phenoxy) is 1. The maximum Gasteiger partial charge on any atom is 0.254 e. The van der Waals surface area contributed by atoms with Crippen LogP contribution in [-0.2, 0) is 11.2 Å². The number of hydrogen-bond acceptors (Lipinski definition) is 4. The van der Waals surface area contributed by atoms with Gasteiger partial charge in [0, 0.05) is 28.6 Å². The Morgan fingerprint density at radius 2 is 1.97 bits per heavy atom. The van der Waals surface area contributed by atoms with Crippen LogP contribution in [0, 0.1) is 19.8 Å². The van der Waals surface area contributed by atoms with E-state index in [9.17, 15) is 9.59 Å². The lowest BCUT2D eigenvalue weighted by Crippen LogP contribution is -2.48. The number of hydrogen-bond donors (Lipinski definition) is 0. The summed E-state index contributed by atoms with van der Waals surface area (Å²) in [7, 11) is 0. The highest BCUT2D eigenvalue weighted by atomic mass is 35.5. The van der Waals surface area contributed by atoms with E-state index in [1.165, 1.54) is 10.4 Å². The molecule has 36 heavy (non-hydrogen) atoms. The second-order valence-electron chi connectivity index (χ2n) is 9.87. The number of halogens is 1. The van der Waals surface area contributed by atoms with E-state index >= 15 is 0 Å². The fourth-order valence-electron chi connectivity index (χ4n) is 4.89. The summed E-state index contributed by atoms with van der Waals surface area (Å²) in [5, 5.41) is 2.60. The summed E-state index contributed by atoms with van der Waals surface area (Å²) in [6, 6.07) is 15.0. The number of carbonyl (C=O) groups excluding carboxylic acids is 2. The van der Waals surface area contributed by atoms with Crippen LogP contribution in [0.4, 0.5) is 0 Å². The van der Waals surface area contributed by atoms with Gasteiger partial charge < -0.3 is 14.5 Å².